The Morgan fingerprint density at radius 2 is 1.70 bits per heavy atom. The molecule has 2 rings (SSSR count). The van der Waals surface area contributed by atoms with Crippen molar-refractivity contribution in [2.24, 2.45) is 0 Å². The van der Waals surface area contributed by atoms with Crippen LogP contribution in [-0.4, -0.2) is 47.9 Å². The van der Waals surface area contributed by atoms with Gasteiger partial charge in [0.15, 0.2) is 0 Å². The molecular formula is C15H21N3O2. The fraction of sp³-hybridized carbons (Fsp3) is 0.467. The van der Waals surface area contributed by atoms with Gasteiger partial charge in [-0.2, -0.15) is 0 Å². The average molecular weight is 275 g/mol. The highest BCUT2D eigenvalue weighted by Crippen LogP contribution is 2.09. The Bertz CT molecular complexity index is 461. The van der Waals surface area contributed by atoms with Crippen LogP contribution in [0, 0.1) is 0 Å². The van der Waals surface area contributed by atoms with Crippen LogP contribution in [0.5, 0.6) is 0 Å². The van der Waals surface area contributed by atoms with Gasteiger partial charge in [0, 0.05) is 38.3 Å². The predicted octanol–water partition coefficient (Wildman–Crippen LogP) is 2.16. The van der Waals surface area contributed by atoms with Crippen molar-refractivity contribution in [2.45, 2.75) is 19.8 Å². The Hall–Kier alpha value is -2.04. The molecule has 0 spiro atoms. The molecule has 5 heteroatoms. The summed E-state index contributed by atoms with van der Waals surface area (Å²) in [6, 6.07) is 9.32. The van der Waals surface area contributed by atoms with Gasteiger partial charge in [-0.05, 0) is 18.6 Å². The third-order valence-corrected chi connectivity index (χ3v) is 3.46. The van der Waals surface area contributed by atoms with Crippen LogP contribution in [-0.2, 0) is 4.79 Å². The summed E-state index contributed by atoms with van der Waals surface area (Å²) in [6.07, 6.45) is 1.35. The topological polar surface area (TPSA) is 52.7 Å². The first-order valence-electron chi connectivity index (χ1n) is 7.09. The molecule has 0 bridgehead atoms. The maximum absolute atomic E-state index is 12.2. The van der Waals surface area contributed by atoms with Gasteiger partial charge < -0.3 is 15.1 Å². The normalized spacial score (nSPS) is 15.7. The van der Waals surface area contributed by atoms with Gasteiger partial charge in [-0.25, -0.2) is 4.79 Å². The minimum absolute atomic E-state index is 0.0954. The van der Waals surface area contributed by atoms with E-state index in [0.29, 0.717) is 26.1 Å². The van der Waals surface area contributed by atoms with Crippen LogP contribution in [0.25, 0.3) is 0 Å². The van der Waals surface area contributed by atoms with Gasteiger partial charge in [0.05, 0.1) is 0 Å². The Kier molecular flexibility index (Phi) is 4.98. The number of urea groups is 1. The molecule has 0 unspecified atom stereocenters. The zero-order chi connectivity index (χ0) is 14.4. The summed E-state index contributed by atoms with van der Waals surface area (Å²) in [5.41, 5.74) is 0.795. The van der Waals surface area contributed by atoms with E-state index in [1.807, 2.05) is 42.2 Å². The van der Waals surface area contributed by atoms with Gasteiger partial charge in [0.25, 0.3) is 0 Å². The molecule has 1 aromatic carbocycles. The highest BCUT2D eigenvalue weighted by Gasteiger charge is 2.21. The molecule has 1 fully saturated rings. The fourth-order valence-electron chi connectivity index (χ4n) is 2.32. The second-order valence-electron chi connectivity index (χ2n) is 4.87. The van der Waals surface area contributed by atoms with Crippen LogP contribution in [0.15, 0.2) is 30.3 Å². The van der Waals surface area contributed by atoms with E-state index in [9.17, 15) is 9.59 Å². The van der Waals surface area contributed by atoms with Crippen molar-refractivity contribution in [1.82, 2.24) is 9.80 Å². The Balaban J connectivity index is 1.90. The lowest BCUT2D eigenvalue weighted by atomic mass is 10.3. The van der Waals surface area contributed by atoms with Crippen molar-refractivity contribution < 1.29 is 9.59 Å². The first kappa shape index (κ1) is 14.4. The quantitative estimate of drug-likeness (QED) is 0.899. The summed E-state index contributed by atoms with van der Waals surface area (Å²) in [4.78, 5) is 27.5. The lowest BCUT2D eigenvalue weighted by molar-refractivity contribution is -0.130. The summed E-state index contributed by atoms with van der Waals surface area (Å²) >= 11 is 0. The molecule has 0 saturated carbocycles. The van der Waals surface area contributed by atoms with Crippen molar-refractivity contribution in [3.8, 4) is 0 Å². The lowest BCUT2D eigenvalue weighted by Gasteiger charge is -2.22. The monoisotopic (exact) mass is 275 g/mol. The molecule has 108 valence electrons. The van der Waals surface area contributed by atoms with Crippen molar-refractivity contribution >= 4 is 17.6 Å². The van der Waals surface area contributed by atoms with Crippen LogP contribution >= 0.6 is 0 Å². The van der Waals surface area contributed by atoms with Crippen molar-refractivity contribution in [1.29, 1.82) is 0 Å². The van der Waals surface area contributed by atoms with E-state index in [4.69, 9.17) is 0 Å². The average Bonchev–Trinajstić information content (AvgIpc) is 2.73. The molecule has 1 aromatic rings. The van der Waals surface area contributed by atoms with E-state index in [1.165, 1.54) is 0 Å². The Morgan fingerprint density at radius 3 is 2.40 bits per heavy atom. The number of rotatable bonds is 2. The van der Waals surface area contributed by atoms with Gasteiger partial charge in [-0.3, -0.25) is 4.79 Å². The summed E-state index contributed by atoms with van der Waals surface area (Å²) in [6.45, 7) is 4.50. The molecule has 1 saturated heterocycles. The maximum atomic E-state index is 12.2. The molecular weight excluding hydrogens is 254 g/mol. The number of nitrogens with one attached hydrogen (secondary N) is 1. The first-order valence-corrected chi connectivity index (χ1v) is 7.09. The zero-order valence-corrected chi connectivity index (χ0v) is 11.8. The largest absolute Gasteiger partial charge is 0.341 e. The molecule has 0 atom stereocenters. The van der Waals surface area contributed by atoms with E-state index in [2.05, 4.69) is 5.32 Å². The van der Waals surface area contributed by atoms with Crippen LogP contribution in [0.3, 0.4) is 0 Å². The van der Waals surface area contributed by atoms with Crippen LogP contribution < -0.4 is 5.32 Å². The Labute approximate surface area is 119 Å². The van der Waals surface area contributed by atoms with Crippen LogP contribution in [0.4, 0.5) is 10.5 Å². The number of anilines is 1. The molecule has 0 aliphatic carbocycles. The van der Waals surface area contributed by atoms with Gasteiger partial charge in [-0.1, -0.05) is 25.1 Å². The smallest absolute Gasteiger partial charge is 0.321 e. The number of hydrogen-bond acceptors (Lipinski definition) is 2. The summed E-state index contributed by atoms with van der Waals surface area (Å²) < 4.78 is 0. The number of amides is 3. The summed E-state index contributed by atoms with van der Waals surface area (Å²) in [5, 5.41) is 2.88. The molecule has 1 heterocycles. The highest BCUT2D eigenvalue weighted by atomic mass is 16.2. The fourth-order valence-corrected chi connectivity index (χ4v) is 2.32. The predicted molar refractivity (Wildman–Crippen MR) is 78.5 cm³/mol. The van der Waals surface area contributed by atoms with Gasteiger partial charge in [0.1, 0.15) is 0 Å². The minimum Gasteiger partial charge on any atom is -0.341 e. The molecule has 5 nitrogen and oxygen atoms in total. The van der Waals surface area contributed by atoms with Crippen molar-refractivity contribution in [3.05, 3.63) is 30.3 Å². The maximum Gasteiger partial charge on any atom is 0.321 e. The number of carbonyl (C=O) groups is 2. The molecule has 3 amide bonds. The summed E-state index contributed by atoms with van der Waals surface area (Å²) in [7, 11) is 0. The summed E-state index contributed by atoms with van der Waals surface area (Å²) in [5.74, 6) is 0.162. The molecule has 0 radical (unpaired) electrons. The van der Waals surface area contributed by atoms with E-state index < -0.39 is 0 Å². The van der Waals surface area contributed by atoms with E-state index in [0.717, 1.165) is 18.7 Å². The number of benzene rings is 1. The number of para-hydroxylation sites is 1. The Morgan fingerprint density at radius 1 is 1.05 bits per heavy atom. The molecule has 1 aliphatic heterocycles. The van der Waals surface area contributed by atoms with Crippen molar-refractivity contribution in [2.75, 3.05) is 31.5 Å². The number of carbonyl (C=O) groups excluding carboxylic acids is 2. The van der Waals surface area contributed by atoms with E-state index >= 15 is 0 Å². The van der Waals surface area contributed by atoms with Gasteiger partial charge in [0.2, 0.25) is 5.91 Å². The second-order valence-corrected chi connectivity index (χ2v) is 4.87. The SMILES string of the molecule is CCC(=O)N1CCCN(C(=O)Nc2ccccc2)CC1. The second kappa shape index (κ2) is 6.93. The van der Waals surface area contributed by atoms with Gasteiger partial charge in [-0.15, -0.1) is 0 Å². The van der Waals surface area contributed by atoms with Crippen LogP contribution in [0.2, 0.25) is 0 Å². The standard InChI is InChI=1S/C15H21N3O2/c1-2-14(19)17-9-6-10-18(12-11-17)15(20)16-13-7-4-3-5-8-13/h3-5,7-8H,2,6,9-12H2,1H3,(H,16,20). The molecule has 0 aromatic heterocycles. The van der Waals surface area contributed by atoms with Crippen LogP contribution in [0.1, 0.15) is 19.8 Å². The third kappa shape index (κ3) is 3.73. The van der Waals surface area contributed by atoms with Crippen molar-refractivity contribution in [3.63, 3.8) is 0 Å². The van der Waals surface area contributed by atoms with Gasteiger partial charge >= 0.3 is 6.03 Å². The lowest BCUT2D eigenvalue weighted by Crippen LogP contribution is -2.39. The third-order valence-electron chi connectivity index (χ3n) is 3.46. The minimum atomic E-state index is -0.0954. The van der Waals surface area contributed by atoms with E-state index in [1.54, 1.807) is 4.90 Å². The number of nitrogens with zero attached hydrogens (tertiary/aromatic N) is 2. The molecule has 20 heavy (non-hydrogen) atoms. The first-order chi connectivity index (χ1) is 9.70. The highest BCUT2D eigenvalue weighted by molar-refractivity contribution is 5.89. The zero-order valence-electron chi connectivity index (χ0n) is 11.8. The molecule has 1 aliphatic rings. The molecule has 1 N–H and O–H groups in total. The van der Waals surface area contributed by atoms with E-state index in [-0.39, 0.29) is 11.9 Å². The number of hydrogen-bond donors (Lipinski definition) is 1.